The molecule has 0 unspecified atom stereocenters. The Kier molecular flexibility index (Phi) is 6.04. The first-order chi connectivity index (χ1) is 12.2. The number of thiazole rings is 1. The third-order valence-corrected chi connectivity index (χ3v) is 5.34. The van der Waals surface area contributed by atoms with E-state index in [9.17, 15) is 0 Å². The normalized spacial score (nSPS) is 14.1. The van der Waals surface area contributed by atoms with Gasteiger partial charge in [0.2, 0.25) is 0 Å². The number of nitrogens with zero attached hydrogens (tertiary/aromatic N) is 2. The van der Waals surface area contributed by atoms with Crippen LogP contribution in [0.5, 0.6) is 0 Å². The molecule has 1 aliphatic rings. The molecule has 26 heavy (non-hydrogen) atoms. The van der Waals surface area contributed by atoms with Crippen LogP contribution in [0.4, 0.5) is 5.69 Å². The Bertz CT molecular complexity index is 930. The van der Waals surface area contributed by atoms with Crippen molar-refractivity contribution in [3.63, 3.8) is 0 Å². The standard InChI is InChI=1S/C19H18ClN3OS.ClH/c20-15-7-5-14(6-8-15)18-13-25-19(21)23(18)17-4-2-1-3-16(17)22-9-11-24-12-10-22;/h1-8,13,21H,9-12H2;1H. The molecule has 0 saturated carbocycles. The summed E-state index contributed by atoms with van der Waals surface area (Å²) in [4.78, 5) is 2.83. The van der Waals surface area contributed by atoms with Crippen molar-refractivity contribution in [3.8, 4) is 16.9 Å². The molecular formula is C19H19Cl2N3OS. The third-order valence-electron chi connectivity index (χ3n) is 4.34. The fourth-order valence-corrected chi connectivity index (χ4v) is 4.00. The van der Waals surface area contributed by atoms with Crippen molar-refractivity contribution in [3.05, 3.63) is 63.7 Å². The van der Waals surface area contributed by atoms with Gasteiger partial charge in [0, 0.05) is 23.5 Å². The van der Waals surface area contributed by atoms with Crippen molar-refractivity contribution >= 4 is 41.0 Å². The first kappa shape index (κ1) is 19.0. The fraction of sp³-hybridized carbons (Fsp3) is 0.211. The summed E-state index contributed by atoms with van der Waals surface area (Å²) in [6, 6.07) is 16.0. The van der Waals surface area contributed by atoms with Crippen LogP contribution in [-0.2, 0) is 4.74 Å². The molecule has 1 N–H and O–H groups in total. The minimum atomic E-state index is 0. The van der Waals surface area contributed by atoms with Gasteiger partial charge < -0.3 is 9.64 Å². The number of hydrogen-bond acceptors (Lipinski definition) is 4. The molecule has 1 saturated heterocycles. The maximum absolute atomic E-state index is 8.44. The van der Waals surface area contributed by atoms with Gasteiger partial charge in [0.05, 0.1) is 30.3 Å². The Morgan fingerprint density at radius 1 is 0.962 bits per heavy atom. The van der Waals surface area contributed by atoms with E-state index >= 15 is 0 Å². The van der Waals surface area contributed by atoms with Gasteiger partial charge in [-0.05, 0) is 29.8 Å². The van der Waals surface area contributed by atoms with E-state index in [1.807, 2.05) is 46.3 Å². The molecule has 0 amide bonds. The first-order valence-corrected chi connectivity index (χ1v) is 9.43. The predicted octanol–water partition coefficient (Wildman–Crippen LogP) is 4.60. The van der Waals surface area contributed by atoms with Crippen molar-refractivity contribution < 1.29 is 4.74 Å². The van der Waals surface area contributed by atoms with E-state index in [0.717, 1.165) is 48.9 Å². The van der Waals surface area contributed by atoms with E-state index in [0.29, 0.717) is 9.82 Å². The molecule has 0 spiro atoms. The second-order valence-corrected chi connectivity index (χ2v) is 7.15. The second kappa shape index (κ2) is 8.27. The molecule has 1 fully saturated rings. The summed E-state index contributed by atoms with van der Waals surface area (Å²) in [6.07, 6.45) is 0. The molecule has 0 atom stereocenters. The average Bonchev–Trinajstić information content (AvgIpc) is 3.04. The van der Waals surface area contributed by atoms with Crippen molar-refractivity contribution in [2.24, 2.45) is 0 Å². The van der Waals surface area contributed by atoms with Crippen molar-refractivity contribution in [1.82, 2.24) is 4.57 Å². The summed E-state index contributed by atoms with van der Waals surface area (Å²) in [5.74, 6) is 0. The molecule has 2 heterocycles. The van der Waals surface area contributed by atoms with Crippen molar-refractivity contribution in [2.45, 2.75) is 0 Å². The maximum Gasteiger partial charge on any atom is 0.187 e. The lowest BCUT2D eigenvalue weighted by Gasteiger charge is -2.31. The summed E-state index contributed by atoms with van der Waals surface area (Å²) in [7, 11) is 0. The van der Waals surface area contributed by atoms with E-state index in [1.54, 1.807) is 0 Å². The molecule has 2 aromatic carbocycles. The minimum absolute atomic E-state index is 0. The number of ether oxygens (including phenoxy) is 1. The van der Waals surface area contributed by atoms with Gasteiger partial charge in [0.1, 0.15) is 0 Å². The van der Waals surface area contributed by atoms with Gasteiger partial charge in [0.15, 0.2) is 4.80 Å². The van der Waals surface area contributed by atoms with E-state index in [4.69, 9.17) is 21.7 Å². The smallest absolute Gasteiger partial charge is 0.187 e. The first-order valence-electron chi connectivity index (χ1n) is 8.17. The highest BCUT2D eigenvalue weighted by Crippen LogP contribution is 2.30. The lowest BCUT2D eigenvalue weighted by Crippen LogP contribution is -2.37. The highest BCUT2D eigenvalue weighted by Gasteiger charge is 2.18. The summed E-state index contributed by atoms with van der Waals surface area (Å²) in [6.45, 7) is 3.21. The van der Waals surface area contributed by atoms with Crippen LogP contribution < -0.4 is 9.70 Å². The van der Waals surface area contributed by atoms with Gasteiger partial charge in [-0.25, -0.2) is 0 Å². The lowest BCUT2D eigenvalue weighted by molar-refractivity contribution is 0.122. The van der Waals surface area contributed by atoms with Gasteiger partial charge in [-0.3, -0.25) is 9.98 Å². The number of nitrogens with one attached hydrogen (secondary N) is 1. The van der Waals surface area contributed by atoms with Gasteiger partial charge in [0.25, 0.3) is 0 Å². The zero-order valence-corrected chi connectivity index (χ0v) is 16.4. The van der Waals surface area contributed by atoms with Crippen LogP contribution >= 0.6 is 35.3 Å². The van der Waals surface area contributed by atoms with Crippen LogP contribution in [0.1, 0.15) is 0 Å². The van der Waals surface area contributed by atoms with E-state index < -0.39 is 0 Å². The van der Waals surface area contributed by atoms with E-state index in [2.05, 4.69) is 17.0 Å². The van der Waals surface area contributed by atoms with Crippen LogP contribution in [0, 0.1) is 5.41 Å². The molecule has 1 aromatic heterocycles. The molecule has 3 aromatic rings. The van der Waals surface area contributed by atoms with Gasteiger partial charge in [-0.1, -0.05) is 35.9 Å². The van der Waals surface area contributed by atoms with Crippen LogP contribution in [0.15, 0.2) is 53.9 Å². The van der Waals surface area contributed by atoms with E-state index in [-0.39, 0.29) is 12.4 Å². The average molecular weight is 408 g/mol. The number of morpholine rings is 1. The zero-order valence-electron chi connectivity index (χ0n) is 14.0. The molecule has 7 heteroatoms. The number of rotatable bonds is 3. The molecule has 4 rings (SSSR count). The molecule has 4 nitrogen and oxygen atoms in total. The summed E-state index contributed by atoms with van der Waals surface area (Å²) in [5.41, 5.74) is 4.22. The summed E-state index contributed by atoms with van der Waals surface area (Å²) < 4.78 is 7.50. The molecular weight excluding hydrogens is 389 g/mol. The predicted molar refractivity (Wildman–Crippen MR) is 110 cm³/mol. The number of halogens is 2. The summed E-state index contributed by atoms with van der Waals surface area (Å²) >= 11 is 7.46. The number of hydrogen-bond donors (Lipinski definition) is 1. The molecule has 0 aliphatic carbocycles. The lowest BCUT2D eigenvalue weighted by atomic mass is 10.1. The Balaban J connectivity index is 0.00000196. The Morgan fingerprint density at radius 2 is 1.62 bits per heavy atom. The number of anilines is 1. The number of para-hydroxylation sites is 2. The van der Waals surface area contributed by atoms with Gasteiger partial charge in [-0.2, -0.15) is 0 Å². The van der Waals surface area contributed by atoms with Gasteiger partial charge >= 0.3 is 0 Å². The highest BCUT2D eigenvalue weighted by atomic mass is 35.5. The van der Waals surface area contributed by atoms with Gasteiger partial charge in [-0.15, -0.1) is 23.7 Å². The minimum Gasteiger partial charge on any atom is -0.378 e. The van der Waals surface area contributed by atoms with Crippen LogP contribution in [0.25, 0.3) is 16.9 Å². The van der Waals surface area contributed by atoms with Crippen molar-refractivity contribution in [1.29, 1.82) is 5.41 Å². The number of aromatic nitrogens is 1. The van der Waals surface area contributed by atoms with E-state index in [1.165, 1.54) is 11.3 Å². The molecule has 0 bridgehead atoms. The second-order valence-electron chi connectivity index (χ2n) is 5.86. The van der Waals surface area contributed by atoms with Crippen LogP contribution in [0.2, 0.25) is 5.02 Å². The van der Waals surface area contributed by atoms with Crippen LogP contribution in [0.3, 0.4) is 0 Å². The molecule has 1 aliphatic heterocycles. The third kappa shape index (κ3) is 3.67. The topological polar surface area (TPSA) is 41.2 Å². The Hall–Kier alpha value is -1.79. The Labute approximate surface area is 167 Å². The molecule has 136 valence electrons. The summed E-state index contributed by atoms with van der Waals surface area (Å²) in [5, 5.41) is 11.2. The Morgan fingerprint density at radius 3 is 2.31 bits per heavy atom. The maximum atomic E-state index is 8.44. The van der Waals surface area contributed by atoms with Crippen LogP contribution in [-0.4, -0.2) is 30.9 Å². The quantitative estimate of drug-likeness (QED) is 0.689. The molecule has 0 radical (unpaired) electrons. The largest absolute Gasteiger partial charge is 0.378 e. The SMILES string of the molecule is Cl.N=c1scc(-c2ccc(Cl)cc2)n1-c1ccccc1N1CCOCC1. The van der Waals surface area contributed by atoms with Crippen molar-refractivity contribution in [2.75, 3.05) is 31.2 Å². The highest BCUT2D eigenvalue weighted by molar-refractivity contribution is 7.07. The zero-order chi connectivity index (χ0) is 17.2. The fourth-order valence-electron chi connectivity index (χ4n) is 3.11. The monoisotopic (exact) mass is 407 g/mol. The number of benzene rings is 2.